The van der Waals surface area contributed by atoms with Gasteiger partial charge in [-0.1, -0.05) is 36.4 Å². The van der Waals surface area contributed by atoms with E-state index in [0.717, 1.165) is 5.56 Å². The molecule has 0 spiro atoms. The van der Waals surface area contributed by atoms with Gasteiger partial charge in [-0.25, -0.2) is 0 Å². The second kappa shape index (κ2) is 4.58. The van der Waals surface area contributed by atoms with Crippen molar-refractivity contribution in [2.45, 2.75) is 6.92 Å². The molecule has 0 amide bonds. The third kappa shape index (κ3) is 2.84. The zero-order valence-corrected chi connectivity index (χ0v) is 7.53. The van der Waals surface area contributed by atoms with Gasteiger partial charge in [0, 0.05) is 5.56 Å². The van der Waals surface area contributed by atoms with Crippen molar-refractivity contribution < 1.29 is 9.90 Å². The number of Topliss-reactive ketones (excluding diaryl/α,β-unsaturated/α-hetero) is 1. The molecule has 1 N–H and O–H groups in total. The quantitative estimate of drug-likeness (QED) is 0.714. The minimum Gasteiger partial charge on any atom is -0.392 e. The fraction of sp³-hybridized carbons (Fsp3) is 0.182. The van der Waals surface area contributed by atoms with E-state index in [1.807, 2.05) is 18.2 Å². The first-order chi connectivity index (χ1) is 6.24. The summed E-state index contributed by atoms with van der Waals surface area (Å²) in [5.41, 5.74) is 1.69. The van der Waals surface area contributed by atoms with Crippen LogP contribution in [0.5, 0.6) is 0 Å². The molecule has 0 radical (unpaired) electrons. The molecule has 0 fully saturated rings. The van der Waals surface area contributed by atoms with E-state index >= 15 is 0 Å². The maximum atomic E-state index is 10.9. The van der Waals surface area contributed by atoms with Crippen molar-refractivity contribution >= 4 is 11.9 Å². The van der Waals surface area contributed by atoms with Gasteiger partial charge in [-0.15, -0.1) is 0 Å². The Morgan fingerprint density at radius 1 is 1.38 bits per heavy atom. The molecule has 2 nitrogen and oxygen atoms in total. The molecule has 0 aliphatic heterocycles. The Balaban J connectivity index is 2.81. The molecule has 0 aliphatic rings. The van der Waals surface area contributed by atoms with Crippen LogP contribution in [-0.4, -0.2) is 17.5 Å². The van der Waals surface area contributed by atoms with Crippen LogP contribution in [0.15, 0.2) is 30.3 Å². The molecular formula is C11H12O2. The third-order valence-corrected chi connectivity index (χ3v) is 1.73. The summed E-state index contributed by atoms with van der Waals surface area (Å²) in [7, 11) is 0. The van der Waals surface area contributed by atoms with Crippen LogP contribution < -0.4 is 0 Å². The van der Waals surface area contributed by atoms with Crippen LogP contribution in [0.4, 0.5) is 0 Å². The molecule has 2 heteroatoms. The van der Waals surface area contributed by atoms with Crippen LogP contribution >= 0.6 is 0 Å². The molecule has 68 valence electrons. The Labute approximate surface area is 77.5 Å². The molecule has 0 bridgehead atoms. The van der Waals surface area contributed by atoms with Crippen molar-refractivity contribution in [2.24, 2.45) is 0 Å². The maximum Gasteiger partial charge on any atom is 0.159 e. The van der Waals surface area contributed by atoms with Crippen molar-refractivity contribution in [1.29, 1.82) is 0 Å². The highest BCUT2D eigenvalue weighted by Gasteiger charge is 1.96. The third-order valence-electron chi connectivity index (χ3n) is 1.73. The lowest BCUT2D eigenvalue weighted by molar-refractivity contribution is 0.101. The Kier molecular flexibility index (Phi) is 3.41. The summed E-state index contributed by atoms with van der Waals surface area (Å²) < 4.78 is 0. The standard InChI is InChI=1S/C11H12O2/c1-9(13)11-6-4-10(5-7-11)3-2-8-12/h2-7,12H,8H2,1H3/b3-2-. The Bertz CT molecular complexity index is 309. The number of carbonyl (C=O) groups excluding carboxylic acids is 1. The molecule has 0 saturated carbocycles. The number of benzene rings is 1. The monoisotopic (exact) mass is 176 g/mol. The highest BCUT2D eigenvalue weighted by molar-refractivity contribution is 5.94. The highest BCUT2D eigenvalue weighted by atomic mass is 16.2. The van der Waals surface area contributed by atoms with Crippen LogP contribution in [0.1, 0.15) is 22.8 Å². The first-order valence-electron chi connectivity index (χ1n) is 4.12. The summed E-state index contributed by atoms with van der Waals surface area (Å²) in [5, 5.41) is 8.53. The van der Waals surface area contributed by atoms with Gasteiger partial charge < -0.3 is 5.11 Å². The molecule has 1 rings (SSSR count). The number of aliphatic hydroxyl groups excluding tert-OH is 1. The van der Waals surface area contributed by atoms with E-state index in [9.17, 15) is 4.79 Å². The topological polar surface area (TPSA) is 37.3 Å². The summed E-state index contributed by atoms with van der Waals surface area (Å²) in [5.74, 6) is 0.0673. The van der Waals surface area contributed by atoms with Crippen molar-refractivity contribution in [2.75, 3.05) is 6.61 Å². The van der Waals surface area contributed by atoms with Crippen LogP contribution in [0.2, 0.25) is 0 Å². The fourth-order valence-corrected chi connectivity index (χ4v) is 1.02. The molecule has 0 aliphatic carbocycles. The zero-order valence-electron chi connectivity index (χ0n) is 7.53. The Morgan fingerprint density at radius 2 is 2.00 bits per heavy atom. The SMILES string of the molecule is CC(=O)c1ccc(/C=C\CO)cc1. The number of hydrogen-bond acceptors (Lipinski definition) is 2. The average Bonchev–Trinajstić information content (AvgIpc) is 2.15. The van der Waals surface area contributed by atoms with Gasteiger partial charge in [-0.2, -0.15) is 0 Å². The van der Waals surface area contributed by atoms with Crippen molar-refractivity contribution in [3.05, 3.63) is 41.5 Å². The second-order valence-corrected chi connectivity index (χ2v) is 2.76. The van der Waals surface area contributed by atoms with Gasteiger partial charge in [-0.3, -0.25) is 4.79 Å². The van der Waals surface area contributed by atoms with Gasteiger partial charge in [-0.05, 0) is 12.5 Å². The van der Waals surface area contributed by atoms with E-state index in [-0.39, 0.29) is 12.4 Å². The highest BCUT2D eigenvalue weighted by Crippen LogP contribution is 2.06. The Morgan fingerprint density at radius 3 is 2.46 bits per heavy atom. The summed E-state index contributed by atoms with van der Waals surface area (Å²) in [6.45, 7) is 1.58. The minimum absolute atomic E-state index is 0.0362. The fourth-order valence-electron chi connectivity index (χ4n) is 1.02. The lowest BCUT2D eigenvalue weighted by Gasteiger charge is -1.95. The van der Waals surface area contributed by atoms with E-state index in [2.05, 4.69) is 0 Å². The average molecular weight is 176 g/mol. The van der Waals surface area contributed by atoms with Gasteiger partial charge in [0.2, 0.25) is 0 Å². The van der Waals surface area contributed by atoms with Crippen LogP contribution in [0.25, 0.3) is 6.08 Å². The van der Waals surface area contributed by atoms with Gasteiger partial charge in [0.1, 0.15) is 0 Å². The van der Waals surface area contributed by atoms with E-state index in [1.54, 1.807) is 25.1 Å². The summed E-state index contributed by atoms with van der Waals surface area (Å²) >= 11 is 0. The predicted molar refractivity (Wildman–Crippen MR) is 52.6 cm³/mol. The van der Waals surface area contributed by atoms with Gasteiger partial charge in [0.25, 0.3) is 0 Å². The molecule has 1 aromatic rings. The van der Waals surface area contributed by atoms with Crippen molar-refractivity contribution in [3.63, 3.8) is 0 Å². The van der Waals surface area contributed by atoms with E-state index in [1.165, 1.54) is 0 Å². The minimum atomic E-state index is 0.0362. The second-order valence-electron chi connectivity index (χ2n) is 2.76. The molecule has 0 atom stereocenters. The molecule has 13 heavy (non-hydrogen) atoms. The normalized spacial score (nSPS) is 10.6. The van der Waals surface area contributed by atoms with E-state index in [0.29, 0.717) is 5.56 Å². The zero-order chi connectivity index (χ0) is 9.68. The van der Waals surface area contributed by atoms with Gasteiger partial charge in [0.15, 0.2) is 5.78 Å². The van der Waals surface area contributed by atoms with Gasteiger partial charge in [0.05, 0.1) is 6.61 Å². The number of ketones is 1. The van der Waals surface area contributed by atoms with Crippen molar-refractivity contribution in [3.8, 4) is 0 Å². The summed E-state index contributed by atoms with van der Waals surface area (Å²) in [6.07, 6.45) is 3.46. The summed E-state index contributed by atoms with van der Waals surface area (Å²) in [6, 6.07) is 7.25. The van der Waals surface area contributed by atoms with Gasteiger partial charge >= 0.3 is 0 Å². The Hall–Kier alpha value is -1.41. The van der Waals surface area contributed by atoms with Crippen molar-refractivity contribution in [1.82, 2.24) is 0 Å². The molecule has 1 aromatic carbocycles. The molecular weight excluding hydrogens is 164 g/mol. The predicted octanol–water partition coefficient (Wildman–Crippen LogP) is 1.89. The largest absolute Gasteiger partial charge is 0.392 e. The van der Waals surface area contributed by atoms with Crippen LogP contribution in [0.3, 0.4) is 0 Å². The van der Waals surface area contributed by atoms with Crippen LogP contribution in [-0.2, 0) is 0 Å². The molecule has 0 aromatic heterocycles. The molecule has 0 unspecified atom stereocenters. The number of rotatable bonds is 3. The smallest absolute Gasteiger partial charge is 0.159 e. The maximum absolute atomic E-state index is 10.9. The lowest BCUT2D eigenvalue weighted by atomic mass is 10.1. The van der Waals surface area contributed by atoms with E-state index in [4.69, 9.17) is 5.11 Å². The van der Waals surface area contributed by atoms with E-state index < -0.39 is 0 Å². The van der Waals surface area contributed by atoms with Crippen LogP contribution in [0, 0.1) is 0 Å². The first kappa shape index (κ1) is 9.68. The lowest BCUT2D eigenvalue weighted by Crippen LogP contribution is -1.90. The summed E-state index contributed by atoms with van der Waals surface area (Å²) in [4.78, 5) is 10.9. The number of carbonyl (C=O) groups is 1. The number of hydrogen-bond donors (Lipinski definition) is 1. The molecule has 0 heterocycles. The molecule has 0 saturated heterocycles. The number of aliphatic hydroxyl groups is 1. The first-order valence-corrected chi connectivity index (χ1v) is 4.12.